The number of piperidine rings is 1. The van der Waals surface area contributed by atoms with E-state index in [2.05, 4.69) is 4.90 Å². The Hall–Kier alpha value is -1.82. The van der Waals surface area contributed by atoms with Crippen molar-refractivity contribution in [2.75, 3.05) is 45.8 Å². The van der Waals surface area contributed by atoms with Gasteiger partial charge >= 0.3 is 0 Å². The lowest BCUT2D eigenvalue weighted by atomic mass is 10.1. The first-order valence-electron chi connectivity index (χ1n) is 8.07. The van der Waals surface area contributed by atoms with Crippen molar-refractivity contribution in [1.82, 2.24) is 14.7 Å². The molecule has 3 heterocycles. The molecule has 1 aromatic heterocycles. The summed E-state index contributed by atoms with van der Waals surface area (Å²) in [6, 6.07) is 3.41. The summed E-state index contributed by atoms with van der Waals surface area (Å²) in [4.78, 5) is 30.3. The molecule has 0 radical (unpaired) electrons. The fraction of sp³-hybridized carbons (Fsp3) is 0.625. The molecule has 3 rings (SSSR count). The Morgan fingerprint density at radius 1 is 0.955 bits per heavy atom. The fourth-order valence-electron chi connectivity index (χ4n) is 3.10. The molecule has 6 nitrogen and oxygen atoms in total. The van der Waals surface area contributed by atoms with Crippen molar-refractivity contribution in [3.63, 3.8) is 0 Å². The van der Waals surface area contributed by atoms with E-state index < -0.39 is 0 Å². The number of carbonyl (C=O) groups excluding carboxylic acids is 2. The van der Waals surface area contributed by atoms with Gasteiger partial charge in [-0.25, -0.2) is 0 Å². The zero-order valence-electron chi connectivity index (χ0n) is 12.9. The lowest BCUT2D eigenvalue weighted by Gasteiger charge is -2.35. The molecule has 0 spiro atoms. The average molecular weight is 305 g/mol. The molecular formula is C16H23N3O3. The minimum absolute atomic E-state index is 0.0630. The van der Waals surface area contributed by atoms with Gasteiger partial charge in [-0.3, -0.25) is 14.5 Å². The number of rotatable bonds is 3. The number of amides is 2. The van der Waals surface area contributed by atoms with E-state index >= 15 is 0 Å². The predicted octanol–water partition coefficient (Wildman–Crippen LogP) is 1.05. The Balaban J connectivity index is 1.45. The molecule has 0 aliphatic carbocycles. The average Bonchev–Trinajstić information content (AvgIpc) is 3.10. The van der Waals surface area contributed by atoms with Gasteiger partial charge < -0.3 is 14.2 Å². The Morgan fingerprint density at radius 2 is 1.68 bits per heavy atom. The molecule has 120 valence electrons. The second-order valence-corrected chi connectivity index (χ2v) is 5.99. The van der Waals surface area contributed by atoms with Crippen LogP contribution in [0.25, 0.3) is 0 Å². The van der Waals surface area contributed by atoms with Gasteiger partial charge in [-0.05, 0) is 31.4 Å². The standard InChI is InChI=1S/C16H23N3O3/c20-15(18-6-2-1-3-7-18)13-17-8-10-19(11-9-17)16(21)14-5-4-12-22-14/h4-5,12H,1-3,6-11,13H2. The quantitative estimate of drug-likeness (QED) is 0.837. The number of nitrogens with zero attached hydrogens (tertiary/aromatic N) is 3. The molecule has 2 saturated heterocycles. The van der Waals surface area contributed by atoms with Crippen LogP contribution in [-0.2, 0) is 4.79 Å². The van der Waals surface area contributed by atoms with Crippen molar-refractivity contribution in [1.29, 1.82) is 0 Å². The summed E-state index contributed by atoms with van der Waals surface area (Å²) in [7, 11) is 0. The van der Waals surface area contributed by atoms with Crippen molar-refractivity contribution < 1.29 is 14.0 Å². The Labute approximate surface area is 130 Å². The molecule has 0 saturated carbocycles. The predicted molar refractivity (Wildman–Crippen MR) is 81.5 cm³/mol. The van der Waals surface area contributed by atoms with E-state index in [4.69, 9.17) is 4.42 Å². The summed E-state index contributed by atoms with van der Waals surface area (Å²) in [5.74, 6) is 0.551. The normalized spacial score (nSPS) is 20.2. The molecule has 0 atom stereocenters. The van der Waals surface area contributed by atoms with Crippen LogP contribution < -0.4 is 0 Å². The van der Waals surface area contributed by atoms with Crippen LogP contribution in [-0.4, -0.2) is 72.3 Å². The second-order valence-electron chi connectivity index (χ2n) is 5.99. The highest BCUT2D eigenvalue weighted by molar-refractivity contribution is 5.91. The highest BCUT2D eigenvalue weighted by Crippen LogP contribution is 2.12. The number of likely N-dealkylation sites (tertiary alicyclic amines) is 1. The van der Waals surface area contributed by atoms with Crippen molar-refractivity contribution >= 4 is 11.8 Å². The van der Waals surface area contributed by atoms with Gasteiger partial charge in [0, 0.05) is 39.3 Å². The Kier molecular flexibility index (Phi) is 4.77. The third-order valence-electron chi connectivity index (χ3n) is 4.46. The second kappa shape index (κ2) is 6.96. The van der Waals surface area contributed by atoms with Gasteiger partial charge in [-0.2, -0.15) is 0 Å². The van der Waals surface area contributed by atoms with E-state index in [1.54, 1.807) is 17.0 Å². The van der Waals surface area contributed by atoms with Gasteiger partial charge in [0.2, 0.25) is 5.91 Å². The third kappa shape index (κ3) is 3.50. The zero-order chi connectivity index (χ0) is 15.4. The SMILES string of the molecule is O=C(CN1CCN(C(=O)c2ccco2)CC1)N1CCCCC1. The number of hydrogen-bond acceptors (Lipinski definition) is 4. The molecule has 1 aromatic rings. The molecule has 2 aliphatic heterocycles. The first-order valence-corrected chi connectivity index (χ1v) is 8.07. The van der Waals surface area contributed by atoms with Crippen LogP contribution in [0.2, 0.25) is 0 Å². The van der Waals surface area contributed by atoms with E-state index in [0.717, 1.165) is 39.0 Å². The number of furan rings is 1. The van der Waals surface area contributed by atoms with Crippen LogP contribution >= 0.6 is 0 Å². The van der Waals surface area contributed by atoms with Gasteiger partial charge in [0.15, 0.2) is 5.76 Å². The van der Waals surface area contributed by atoms with Crippen LogP contribution in [0.15, 0.2) is 22.8 Å². The summed E-state index contributed by atoms with van der Waals surface area (Å²) in [6.45, 7) is 5.05. The van der Waals surface area contributed by atoms with Gasteiger partial charge in [0.25, 0.3) is 5.91 Å². The van der Waals surface area contributed by atoms with Gasteiger partial charge in [-0.1, -0.05) is 0 Å². The fourth-order valence-corrected chi connectivity index (χ4v) is 3.10. The molecular weight excluding hydrogens is 282 g/mol. The molecule has 0 unspecified atom stereocenters. The topological polar surface area (TPSA) is 57.0 Å². The molecule has 0 N–H and O–H groups in total. The van der Waals surface area contributed by atoms with E-state index in [1.807, 2.05) is 4.90 Å². The largest absolute Gasteiger partial charge is 0.459 e. The third-order valence-corrected chi connectivity index (χ3v) is 4.46. The zero-order valence-corrected chi connectivity index (χ0v) is 12.9. The first-order chi connectivity index (χ1) is 10.7. The van der Waals surface area contributed by atoms with Crippen LogP contribution in [0.3, 0.4) is 0 Å². The van der Waals surface area contributed by atoms with E-state index in [9.17, 15) is 9.59 Å². The molecule has 6 heteroatoms. The summed E-state index contributed by atoms with van der Waals surface area (Å²) in [5.41, 5.74) is 0. The van der Waals surface area contributed by atoms with Crippen molar-refractivity contribution in [2.45, 2.75) is 19.3 Å². The maximum Gasteiger partial charge on any atom is 0.289 e. The van der Waals surface area contributed by atoms with Crippen LogP contribution in [0.5, 0.6) is 0 Å². The molecule has 2 aliphatic rings. The highest BCUT2D eigenvalue weighted by Gasteiger charge is 2.26. The van der Waals surface area contributed by atoms with Crippen molar-refractivity contribution in [3.8, 4) is 0 Å². The molecule has 22 heavy (non-hydrogen) atoms. The van der Waals surface area contributed by atoms with Crippen molar-refractivity contribution in [2.24, 2.45) is 0 Å². The van der Waals surface area contributed by atoms with Crippen LogP contribution in [0, 0.1) is 0 Å². The molecule has 2 fully saturated rings. The lowest BCUT2D eigenvalue weighted by molar-refractivity contribution is -0.133. The van der Waals surface area contributed by atoms with Gasteiger partial charge in [0.05, 0.1) is 12.8 Å². The minimum atomic E-state index is -0.0630. The number of piperazine rings is 1. The van der Waals surface area contributed by atoms with Gasteiger partial charge in [-0.15, -0.1) is 0 Å². The minimum Gasteiger partial charge on any atom is -0.459 e. The summed E-state index contributed by atoms with van der Waals surface area (Å²) in [6.07, 6.45) is 4.99. The Bertz CT molecular complexity index is 501. The van der Waals surface area contributed by atoms with Crippen LogP contribution in [0.1, 0.15) is 29.8 Å². The Morgan fingerprint density at radius 3 is 2.32 bits per heavy atom. The summed E-state index contributed by atoms with van der Waals surface area (Å²) < 4.78 is 5.15. The van der Waals surface area contributed by atoms with Crippen molar-refractivity contribution in [3.05, 3.63) is 24.2 Å². The molecule has 0 aromatic carbocycles. The monoisotopic (exact) mass is 305 g/mol. The maximum atomic E-state index is 12.3. The highest BCUT2D eigenvalue weighted by atomic mass is 16.3. The number of hydrogen-bond donors (Lipinski definition) is 0. The first kappa shape index (κ1) is 15.1. The molecule has 0 bridgehead atoms. The summed E-state index contributed by atoms with van der Waals surface area (Å²) >= 11 is 0. The summed E-state index contributed by atoms with van der Waals surface area (Å²) in [5, 5.41) is 0. The van der Waals surface area contributed by atoms with Crippen LogP contribution in [0.4, 0.5) is 0 Å². The molecule has 2 amide bonds. The van der Waals surface area contributed by atoms with E-state index in [0.29, 0.717) is 25.4 Å². The van der Waals surface area contributed by atoms with E-state index in [1.165, 1.54) is 12.7 Å². The van der Waals surface area contributed by atoms with E-state index in [-0.39, 0.29) is 11.8 Å². The lowest BCUT2D eigenvalue weighted by Crippen LogP contribution is -2.52. The number of carbonyl (C=O) groups is 2. The van der Waals surface area contributed by atoms with Gasteiger partial charge in [0.1, 0.15) is 0 Å². The smallest absolute Gasteiger partial charge is 0.289 e. The maximum absolute atomic E-state index is 12.3.